The van der Waals surface area contributed by atoms with Gasteiger partial charge in [0, 0.05) is 5.92 Å². The maximum absolute atomic E-state index is 12.7. The third-order valence-electron chi connectivity index (χ3n) is 3.68. The van der Waals surface area contributed by atoms with Crippen molar-refractivity contribution in [1.82, 2.24) is 25.1 Å². The fourth-order valence-electron chi connectivity index (χ4n) is 2.58. The van der Waals surface area contributed by atoms with Crippen molar-refractivity contribution in [2.75, 3.05) is 0 Å². The molecule has 0 bridgehead atoms. The van der Waals surface area contributed by atoms with E-state index < -0.39 is 12.0 Å². The maximum Gasteiger partial charge on any atom is 0.453 e. The highest BCUT2D eigenvalue weighted by Gasteiger charge is 2.38. The Kier molecular flexibility index (Phi) is 4.02. The van der Waals surface area contributed by atoms with Crippen molar-refractivity contribution in [3.05, 3.63) is 10.8 Å². The third-order valence-corrected chi connectivity index (χ3v) is 4.57. The Morgan fingerprint density at radius 3 is 2.68 bits per heavy atom. The van der Waals surface area contributed by atoms with Crippen LogP contribution in [-0.2, 0) is 17.5 Å². The smallest absolute Gasteiger partial charge is 0.349 e. The second-order valence-corrected chi connectivity index (χ2v) is 6.30. The molecule has 120 valence electrons. The number of alkyl halides is 3. The van der Waals surface area contributed by atoms with Gasteiger partial charge >= 0.3 is 6.18 Å². The Morgan fingerprint density at radius 2 is 2.00 bits per heavy atom. The van der Waals surface area contributed by atoms with E-state index in [0.717, 1.165) is 43.4 Å². The summed E-state index contributed by atoms with van der Waals surface area (Å²) >= 11 is 0.986. The molecule has 22 heavy (non-hydrogen) atoms. The molecule has 0 aliphatic heterocycles. The molecule has 0 unspecified atom stereocenters. The van der Waals surface area contributed by atoms with E-state index in [2.05, 4.69) is 20.6 Å². The van der Waals surface area contributed by atoms with Gasteiger partial charge in [-0.15, -0.1) is 10.2 Å². The first-order valence-electron chi connectivity index (χ1n) is 7.01. The topological polar surface area (TPSA) is 72.2 Å². The van der Waals surface area contributed by atoms with Gasteiger partial charge in [-0.1, -0.05) is 30.6 Å². The number of hydrogen-bond acceptors (Lipinski definition) is 5. The molecule has 1 aliphatic rings. The van der Waals surface area contributed by atoms with Crippen molar-refractivity contribution in [1.29, 1.82) is 0 Å². The lowest BCUT2D eigenvalue weighted by Crippen LogP contribution is -2.31. The van der Waals surface area contributed by atoms with Crippen molar-refractivity contribution in [3.63, 3.8) is 0 Å². The van der Waals surface area contributed by atoms with Crippen LogP contribution in [0.3, 0.4) is 0 Å². The molecule has 1 fully saturated rings. The van der Waals surface area contributed by atoms with Crippen LogP contribution in [0.25, 0.3) is 4.96 Å². The normalized spacial score (nSPS) is 17.0. The van der Waals surface area contributed by atoms with Crippen LogP contribution in [0, 0.1) is 5.92 Å². The number of rotatable bonds is 3. The predicted molar refractivity (Wildman–Crippen MR) is 72.1 cm³/mol. The van der Waals surface area contributed by atoms with E-state index >= 15 is 0 Å². The van der Waals surface area contributed by atoms with Gasteiger partial charge in [0.25, 0.3) is 5.82 Å². The monoisotopic (exact) mass is 333 g/mol. The summed E-state index contributed by atoms with van der Waals surface area (Å²) in [6.07, 6.45) is 0.384. The first-order chi connectivity index (χ1) is 10.4. The van der Waals surface area contributed by atoms with E-state index in [1.165, 1.54) is 0 Å². The number of carbonyl (C=O) groups is 1. The molecule has 2 aromatic heterocycles. The van der Waals surface area contributed by atoms with E-state index in [9.17, 15) is 18.0 Å². The highest BCUT2D eigenvalue weighted by molar-refractivity contribution is 7.16. The summed E-state index contributed by atoms with van der Waals surface area (Å²) in [6, 6.07) is 0. The maximum atomic E-state index is 12.7. The summed E-state index contributed by atoms with van der Waals surface area (Å²) in [5, 5.41) is 13.5. The second-order valence-electron chi connectivity index (χ2n) is 5.26. The van der Waals surface area contributed by atoms with Gasteiger partial charge < -0.3 is 5.32 Å². The molecule has 1 saturated carbocycles. The Bertz CT molecular complexity index is 674. The van der Waals surface area contributed by atoms with Gasteiger partial charge in [0.15, 0.2) is 0 Å². The van der Waals surface area contributed by atoms with E-state index in [1.54, 1.807) is 0 Å². The molecular weight excluding hydrogens is 319 g/mol. The molecule has 2 heterocycles. The molecule has 1 aliphatic carbocycles. The zero-order valence-electron chi connectivity index (χ0n) is 11.6. The quantitative estimate of drug-likeness (QED) is 0.936. The Labute approximate surface area is 127 Å². The molecule has 10 heteroatoms. The van der Waals surface area contributed by atoms with Crippen molar-refractivity contribution in [3.8, 4) is 0 Å². The SMILES string of the molecule is O=C(NCc1nn2c(C(F)(F)F)nnc2s1)C1CCCCC1. The van der Waals surface area contributed by atoms with E-state index in [-0.39, 0.29) is 23.3 Å². The minimum Gasteiger partial charge on any atom is -0.349 e. The van der Waals surface area contributed by atoms with Gasteiger partial charge in [0.1, 0.15) is 5.01 Å². The molecule has 3 rings (SSSR count). The van der Waals surface area contributed by atoms with Crippen molar-refractivity contribution >= 4 is 22.2 Å². The van der Waals surface area contributed by atoms with Crippen molar-refractivity contribution in [2.45, 2.75) is 44.8 Å². The molecule has 0 spiro atoms. The highest BCUT2D eigenvalue weighted by Crippen LogP contribution is 2.29. The Morgan fingerprint density at radius 1 is 1.27 bits per heavy atom. The zero-order valence-corrected chi connectivity index (χ0v) is 12.4. The lowest BCUT2D eigenvalue weighted by atomic mass is 9.89. The molecule has 0 atom stereocenters. The summed E-state index contributed by atoms with van der Waals surface area (Å²) < 4.78 is 38.7. The molecule has 6 nitrogen and oxygen atoms in total. The Hall–Kier alpha value is -1.71. The van der Waals surface area contributed by atoms with Gasteiger partial charge in [-0.2, -0.15) is 22.8 Å². The predicted octanol–water partition coefficient (Wildman–Crippen LogP) is 2.40. The van der Waals surface area contributed by atoms with Gasteiger partial charge in [0.2, 0.25) is 10.9 Å². The number of nitrogens with zero attached hydrogens (tertiary/aromatic N) is 4. The number of nitrogens with one attached hydrogen (secondary N) is 1. The van der Waals surface area contributed by atoms with E-state index in [4.69, 9.17) is 0 Å². The number of fused-ring (bicyclic) bond motifs is 1. The number of hydrogen-bond donors (Lipinski definition) is 1. The van der Waals surface area contributed by atoms with Crippen LogP contribution in [0.2, 0.25) is 0 Å². The van der Waals surface area contributed by atoms with Gasteiger partial charge in [0.05, 0.1) is 6.54 Å². The van der Waals surface area contributed by atoms with Crippen LogP contribution < -0.4 is 5.32 Å². The number of carbonyl (C=O) groups excluding carboxylic acids is 1. The third kappa shape index (κ3) is 3.06. The summed E-state index contributed by atoms with van der Waals surface area (Å²) in [4.78, 5) is 12.1. The number of amides is 1. The minimum absolute atomic E-state index is 0.00481. The average molecular weight is 333 g/mol. The first kappa shape index (κ1) is 15.2. The summed E-state index contributed by atoms with van der Waals surface area (Å²) in [7, 11) is 0. The lowest BCUT2D eigenvalue weighted by Gasteiger charge is -2.20. The molecule has 0 radical (unpaired) electrons. The van der Waals surface area contributed by atoms with Crippen LogP contribution in [0.4, 0.5) is 13.2 Å². The fraction of sp³-hybridized carbons (Fsp3) is 0.667. The van der Waals surface area contributed by atoms with Crippen molar-refractivity contribution < 1.29 is 18.0 Å². The fourth-order valence-corrected chi connectivity index (χ4v) is 3.35. The summed E-state index contributed by atoms with van der Waals surface area (Å²) in [5.74, 6) is -1.20. The van der Waals surface area contributed by atoms with Crippen LogP contribution >= 0.6 is 11.3 Å². The lowest BCUT2D eigenvalue weighted by molar-refractivity contribution is -0.146. The minimum atomic E-state index is -4.60. The molecule has 0 aromatic carbocycles. The molecule has 1 amide bonds. The molecule has 0 saturated heterocycles. The van der Waals surface area contributed by atoms with Crippen molar-refractivity contribution in [2.24, 2.45) is 5.92 Å². The van der Waals surface area contributed by atoms with Gasteiger partial charge in [-0.3, -0.25) is 4.79 Å². The zero-order chi connectivity index (χ0) is 15.7. The summed E-state index contributed by atoms with van der Waals surface area (Å²) in [5.41, 5.74) is 0. The molecule has 2 aromatic rings. The number of aromatic nitrogens is 4. The van der Waals surface area contributed by atoms with E-state index in [0.29, 0.717) is 9.52 Å². The number of halogens is 3. The standard InChI is InChI=1S/C12H14F3N5OS/c13-12(14,15)10-17-18-11-20(10)19-8(22-11)6-16-9(21)7-4-2-1-3-5-7/h7H,1-6H2,(H,16,21). The average Bonchev–Trinajstić information content (AvgIpc) is 3.04. The second kappa shape index (κ2) is 5.82. The molecular formula is C12H14F3N5OS. The Balaban J connectivity index is 1.67. The largest absolute Gasteiger partial charge is 0.453 e. The van der Waals surface area contributed by atoms with Crippen LogP contribution in [-0.4, -0.2) is 25.7 Å². The van der Waals surface area contributed by atoms with Gasteiger partial charge in [-0.25, -0.2) is 0 Å². The van der Waals surface area contributed by atoms with Crippen LogP contribution in [0.15, 0.2) is 0 Å². The highest BCUT2D eigenvalue weighted by atomic mass is 32.1. The first-order valence-corrected chi connectivity index (χ1v) is 7.83. The van der Waals surface area contributed by atoms with Crippen LogP contribution in [0.5, 0.6) is 0 Å². The summed E-state index contributed by atoms with van der Waals surface area (Å²) in [6.45, 7) is 0.112. The van der Waals surface area contributed by atoms with Crippen LogP contribution in [0.1, 0.15) is 42.9 Å². The van der Waals surface area contributed by atoms with E-state index in [1.807, 2.05) is 0 Å². The molecule has 1 N–H and O–H groups in total. The van der Waals surface area contributed by atoms with Gasteiger partial charge in [-0.05, 0) is 12.8 Å².